The Kier molecular flexibility index (Phi) is 5.32. The van der Waals surface area contributed by atoms with Crippen LogP contribution in [0.4, 0.5) is 5.69 Å². The third-order valence-electron chi connectivity index (χ3n) is 4.67. The molecular formula is C24H19BrN2O2. The number of hydrogen-bond acceptors (Lipinski definition) is 3. The lowest BCUT2D eigenvalue weighted by Gasteiger charge is -2.19. The first kappa shape index (κ1) is 19.2. The van der Waals surface area contributed by atoms with Crippen LogP contribution in [0, 0.1) is 6.92 Å². The van der Waals surface area contributed by atoms with Gasteiger partial charge in [0.15, 0.2) is 0 Å². The van der Waals surface area contributed by atoms with Crippen LogP contribution >= 0.6 is 15.9 Å². The molecule has 0 aliphatic carbocycles. The minimum absolute atomic E-state index is 0.150. The quantitative estimate of drug-likeness (QED) is 0.489. The molecule has 29 heavy (non-hydrogen) atoms. The van der Waals surface area contributed by atoms with E-state index in [-0.39, 0.29) is 5.91 Å². The fourth-order valence-corrected chi connectivity index (χ4v) is 3.36. The van der Waals surface area contributed by atoms with Gasteiger partial charge >= 0.3 is 0 Å². The fourth-order valence-electron chi connectivity index (χ4n) is 3.10. The van der Waals surface area contributed by atoms with E-state index in [9.17, 15) is 4.79 Å². The van der Waals surface area contributed by atoms with E-state index in [0.29, 0.717) is 11.5 Å². The predicted molar refractivity (Wildman–Crippen MR) is 120 cm³/mol. The van der Waals surface area contributed by atoms with Gasteiger partial charge in [0, 0.05) is 10.0 Å². The molecule has 0 saturated heterocycles. The molecule has 0 bridgehead atoms. The van der Waals surface area contributed by atoms with Crippen LogP contribution in [0.15, 0.2) is 88.0 Å². The van der Waals surface area contributed by atoms with Gasteiger partial charge in [-0.2, -0.15) is 0 Å². The van der Waals surface area contributed by atoms with Crippen molar-refractivity contribution in [1.82, 2.24) is 0 Å². The molecular weight excluding hydrogens is 428 g/mol. The van der Waals surface area contributed by atoms with Gasteiger partial charge in [0.25, 0.3) is 5.91 Å². The second kappa shape index (κ2) is 8.05. The third-order valence-corrected chi connectivity index (χ3v) is 5.20. The molecule has 4 nitrogen and oxygen atoms in total. The summed E-state index contributed by atoms with van der Waals surface area (Å²) in [4.78, 5) is 19.6. The summed E-state index contributed by atoms with van der Waals surface area (Å²) in [5.74, 6) is 1.21. The Morgan fingerprint density at radius 3 is 2.21 bits per heavy atom. The van der Waals surface area contributed by atoms with E-state index in [0.717, 1.165) is 32.6 Å². The number of halogens is 1. The van der Waals surface area contributed by atoms with E-state index < -0.39 is 0 Å². The van der Waals surface area contributed by atoms with Crippen molar-refractivity contribution >= 4 is 39.4 Å². The van der Waals surface area contributed by atoms with E-state index in [1.165, 1.54) is 0 Å². The van der Waals surface area contributed by atoms with Gasteiger partial charge in [0.05, 0.1) is 12.8 Å². The second-order valence-electron chi connectivity index (χ2n) is 6.72. The molecule has 0 atom stereocenters. The number of benzene rings is 3. The van der Waals surface area contributed by atoms with Crippen molar-refractivity contribution in [3.8, 4) is 5.75 Å². The lowest BCUT2D eigenvalue weighted by molar-refractivity contribution is -0.113. The summed E-state index contributed by atoms with van der Waals surface area (Å²) in [5, 5.41) is 0. The summed E-state index contributed by atoms with van der Waals surface area (Å²) >= 11 is 3.43. The second-order valence-corrected chi connectivity index (χ2v) is 7.64. The number of methoxy groups -OCH3 is 1. The standard InChI is InChI=1S/C24H19BrN2O2/c1-16-3-11-20(12-4-16)27-23(18-7-13-21(29-2)14-8-18)26-22(24(27)28)15-17-5-9-19(25)10-6-17/h3-15H,1-2H3/b22-15+. The Morgan fingerprint density at radius 1 is 0.931 bits per heavy atom. The zero-order chi connectivity index (χ0) is 20.4. The van der Waals surface area contributed by atoms with Crippen LogP contribution in [0.25, 0.3) is 6.08 Å². The average molecular weight is 447 g/mol. The number of aliphatic imine (C=N–C) groups is 1. The molecule has 0 aromatic heterocycles. The van der Waals surface area contributed by atoms with E-state index >= 15 is 0 Å². The van der Waals surface area contributed by atoms with Crippen molar-refractivity contribution < 1.29 is 9.53 Å². The van der Waals surface area contributed by atoms with E-state index in [1.807, 2.05) is 85.8 Å². The summed E-state index contributed by atoms with van der Waals surface area (Å²) in [6, 6.07) is 23.2. The molecule has 3 aromatic rings. The maximum Gasteiger partial charge on any atom is 0.282 e. The third kappa shape index (κ3) is 4.00. The molecule has 1 amide bonds. The van der Waals surface area contributed by atoms with Crippen LogP contribution in [0.2, 0.25) is 0 Å². The van der Waals surface area contributed by atoms with Gasteiger partial charge < -0.3 is 4.74 Å². The summed E-state index contributed by atoms with van der Waals surface area (Å²) in [6.45, 7) is 2.02. The highest BCUT2D eigenvalue weighted by Crippen LogP contribution is 2.29. The van der Waals surface area contributed by atoms with Crippen molar-refractivity contribution in [2.75, 3.05) is 12.0 Å². The molecule has 5 heteroatoms. The first-order chi connectivity index (χ1) is 14.0. The largest absolute Gasteiger partial charge is 0.497 e. The van der Waals surface area contributed by atoms with Gasteiger partial charge in [-0.25, -0.2) is 4.99 Å². The summed E-state index contributed by atoms with van der Waals surface area (Å²) in [6.07, 6.45) is 1.81. The lowest BCUT2D eigenvalue weighted by atomic mass is 10.1. The molecule has 0 radical (unpaired) electrons. The fraction of sp³-hybridized carbons (Fsp3) is 0.0833. The highest BCUT2D eigenvalue weighted by atomic mass is 79.9. The molecule has 0 unspecified atom stereocenters. The first-order valence-electron chi connectivity index (χ1n) is 9.16. The van der Waals surface area contributed by atoms with Crippen LogP contribution in [-0.2, 0) is 4.79 Å². The molecule has 1 heterocycles. The normalized spacial score (nSPS) is 15.0. The highest BCUT2D eigenvalue weighted by molar-refractivity contribution is 9.10. The van der Waals surface area contributed by atoms with Crippen molar-refractivity contribution in [2.45, 2.75) is 6.92 Å². The van der Waals surface area contributed by atoms with Crippen molar-refractivity contribution in [2.24, 2.45) is 4.99 Å². The number of amidine groups is 1. The van der Waals surface area contributed by atoms with Gasteiger partial charge in [0.1, 0.15) is 17.3 Å². The Balaban J connectivity index is 1.79. The molecule has 0 N–H and O–H groups in total. The Labute approximate surface area is 178 Å². The number of rotatable bonds is 4. The van der Waals surface area contributed by atoms with Crippen LogP contribution in [0.1, 0.15) is 16.7 Å². The molecule has 0 saturated carbocycles. The smallest absolute Gasteiger partial charge is 0.282 e. The van der Waals surface area contributed by atoms with Gasteiger partial charge in [0.2, 0.25) is 0 Å². The van der Waals surface area contributed by atoms with E-state index in [1.54, 1.807) is 12.0 Å². The van der Waals surface area contributed by atoms with Gasteiger partial charge in [-0.15, -0.1) is 0 Å². The number of hydrogen-bond donors (Lipinski definition) is 0. The van der Waals surface area contributed by atoms with Crippen molar-refractivity contribution in [3.05, 3.63) is 99.7 Å². The van der Waals surface area contributed by atoms with Crippen LogP contribution in [-0.4, -0.2) is 18.9 Å². The zero-order valence-corrected chi connectivity index (χ0v) is 17.7. The molecule has 0 spiro atoms. The summed E-state index contributed by atoms with van der Waals surface area (Å²) in [7, 11) is 1.63. The van der Waals surface area contributed by atoms with Crippen molar-refractivity contribution in [1.29, 1.82) is 0 Å². The minimum Gasteiger partial charge on any atom is -0.497 e. The SMILES string of the molecule is COc1ccc(C2=N/C(=C/c3ccc(Br)cc3)C(=O)N2c2ccc(C)cc2)cc1. The predicted octanol–water partition coefficient (Wildman–Crippen LogP) is 5.60. The van der Waals surface area contributed by atoms with Crippen molar-refractivity contribution in [3.63, 3.8) is 0 Å². The number of amides is 1. The summed E-state index contributed by atoms with van der Waals surface area (Å²) < 4.78 is 6.24. The number of anilines is 1. The van der Waals surface area contributed by atoms with Crippen LogP contribution in [0.5, 0.6) is 5.75 Å². The highest BCUT2D eigenvalue weighted by Gasteiger charge is 2.32. The molecule has 144 valence electrons. The topological polar surface area (TPSA) is 41.9 Å². The maximum absolute atomic E-state index is 13.3. The molecule has 0 fully saturated rings. The lowest BCUT2D eigenvalue weighted by Crippen LogP contribution is -2.32. The zero-order valence-electron chi connectivity index (χ0n) is 16.1. The Morgan fingerprint density at radius 2 is 1.59 bits per heavy atom. The van der Waals surface area contributed by atoms with E-state index in [4.69, 9.17) is 9.73 Å². The van der Waals surface area contributed by atoms with Gasteiger partial charge in [-0.3, -0.25) is 9.69 Å². The maximum atomic E-state index is 13.3. The monoisotopic (exact) mass is 446 g/mol. The van der Waals surface area contributed by atoms with Gasteiger partial charge in [-0.05, 0) is 67.1 Å². The van der Waals surface area contributed by atoms with E-state index in [2.05, 4.69) is 15.9 Å². The minimum atomic E-state index is -0.150. The Hall–Kier alpha value is -3.18. The first-order valence-corrected chi connectivity index (χ1v) is 9.96. The molecule has 1 aliphatic rings. The van der Waals surface area contributed by atoms with Crippen LogP contribution in [0.3, 0.4) is 0 Å². The molecule has 3 aromatic carbocycles. The number of aryl methyl sites for hydroxylation is 1. The van der Waals surface area contributed by atoms with Crippen LogP contribution < -0.4 is 9.64 Å². The molecule has 4 rings (SSSR count). The number of carbonyl (C=O) groups is 1. The number of ether oxygens (including phenoxy) is 1. The number of nitrogens with zero attached hydrogens (tertiary/aromatic N) is 2. The van der Waals surface area contributed by atoms with Gasteiger partial charge in [-0.1, -0.05) is 45.8 Å². The Bertz CT molecular complexity index is 1100. The summed E-state index contributed by atoms with van der Waals surface area (Å²) in [5.41, 5.74) is 4.08. The number of carbonyl (C=O) groups excluding carboxylic acids is 1. The average Bonchev–Trinajstić information content (AvgIpc) is 3.06. The molecule has 1 aliphatic heterocycles.